The van der Waals surface area contributed by atoms with Crippen molar-refractivity contribution in [1.82, 2.24) is 5.32 Å². The van der Waals surface area contributed by atoms with Crippen molar-refractivity contribution in [3.63, 3.8) is 0 Å². The van der Waals surface area contributed by atoms with E-state index in [0.29, 0.717) is 23.9 Å². The molecule has 0 fully saturated rings. The number of carbonyl (C=O) groups is 2. The number of carbonyl (C=O) groups excluding carboxylic acids is 2. The number of ether oxygens (including phenoxy) is 1. The van der Waals surface area contributed by atoms with Crippen LogP contribution in [0, 0.1) is 0 Å². The third-order valence-corrected chi connectivity index (χ3v) is 13.2. The second-order valence-corrected chi connectivity index (χ2v) is 21.9. The van der Waals surface area contributed by atoms with Crippen molar-refractivity contribution in [3.8, 4) is 0 Å². The minimum atomic E-state index is -4.47. The molecule has 0 aliphatic heterocycles. The number of quaternary nitrogens is 1. The maximum atomic E-state index is 13.5. The molecule has 10 heteroatoms. The normalized spacial score (nSPS) is 14.5. The molecule has 1 amide bonds. The van der Waals surface area contributed by atoms with Crippen LogP contribution in [-0.4, -0.2) is 74.3 Å². The molecule has 0 aromatic heterocycles. The van der Waals surface area contributed by atoms with Gasteiger partial charge in [0, 0.05) is 12.8 Å². The van der Waals surface area contributed by atoms with Crippen molar-refractivity contribution in [1.29, 1.82) is 0 Å². The number of phosphoric acid groups is 1. The molecular weight excluding hydrogens is 916 g/mol. The van der Waals surface area contributed by atoms with E-state index in [1.165, 1.54) is 103 Å². The zero-order valence-electron chi connectivity index (χ0n) is 47.1. The Morgan fingerprint density at radius 3 is 1.32 bits per heavy atom. The number of nitrogens with zero attached hydrogens (tertiary/aromatic N) is 1. The van der Waals surface area contributed by atoms with Gasteiger partial charge in [-0.2, -0.15) is 0 Å². The van der Waals surface area contributed by atoms with Crippen molar-refractivity contribution in [2.75, 3.05) is 40.9 Å². The van der Waals surface area contributed by atoms with Gasteiger partial charge in [0.25, 0.3) is 0 Å². The topological polar surface area (TPSA) is 111 Å². The molecule has 9 nitrogen and oxygen atoms in total. The number of hydrogen-bond donors (Lipinski definition) is 2. The SMILES string of the molecule is CCCCC/C=C\C/C=C\C/C=C\C/C=C\CCCC(=O)NC(COP(=O)(O)OCC[N+](C)(C)C)C(/C=C/CCCCCCCCCCCC)OC(=O)CCCCCC/C=C\C/C=C\C/C=C\CCCCC. The average Bonchev–Trinajstić information content (AvgIpc) is 3.34. The maximum absolute atomic E-state index is 13.5. The zero-order valence-corrected chi connectivity index (χ0v) is 48.0. The average molecular weight is 1030 g/mol. The van der Waals surface area contributed by atoms with Gasteiger partial charge < -0.3 is 19.4 Å². The number of nitrogens with one attached hydrogen (secondary N) is 1. The highest BCUT2D eigenvalue weighted by molar-refractivity contribution is 7.47. The summed E-state index contributed by atoms with van der Waals surface area (Å²) in [5.41, 5.74) is 0. The minimum absolute atomic E-state index is 0.0218. The molecule has 3 unspecified atom stereocenters. The van der Waals surface area contributed by atoms with Crippen molar-refractivity contribution >= 4 is 19.7 Å². The number of likely N-dealkylation sites (N-methyl/N-ethyl adjacent to an activating group) is 1. The van der Waals surface area contributed by atoms with Crippen molar-refractivity contribution in [2.45, 2.75) is 245 Å². The van der Waals surface area contributed by atoms with Gasteiger partial charge in [0.15, 0.2) is 0 Å². The van der Waals surface area contributed by atoms with Crippen molar-refractivity contribution in [2.24, 2.45) is 0 Å². The quantitative estimate of drug-likeness (QED) is 0.0205. The Bertz CT molecular complexity index is 1560. The number of allylic oxidation sites excluding steroid dienone is 15. The van der Waals surface area contributed by atoms with Crippen LogP contribution >= 0.6 is 7.82 Å². The summed E-state index contributed by atoms with van der Waals surface area (Å²) in [6.07, 6.45) is 68.4. The lowest BCUT2D eigenvalue weighted by atomic mass is 10.1. The Morgan fingerprint density at radius 1 is 0.486 bits per heavy atom. The van der Waals surface area contributed by atoms with Crippen LogP contribution in [-0.2, 0) is 27.9 Å². The number of phosphoric ester groups is 1. The van der Waals surface area contributed by atoms with E-state index < -0.39 is 20.0 Å². The highest BCUT2D eigenvalue weighted by atomic mass is 31.2. The summed E-state index contributed by atoms with van der Waals surface area (Å²) in [5.74, 6) is -0.602. The molecule has 0 aliphatic carbocycles. The van der Waals surface area contributed by atoms with Crippen LogP contribution in [0.5, 0.6) is 0 Å². The van der Waals surface area contributed by atoms with E-state index in [0.717, 1.165) is 83.5 Å². The zero-order chi connectivity index (χ0) is 52.9. The van der Waals surface area contributed by atoms with Crippen LogP contribution < -0.4 is 5.32 Å². The first kappa shape index (κ1) is 68.9. The molecule has 2 N–H and O–H groups in total. The first-order chi connectivity index (χ1) is 34.9. The fourth-order valence-electron chi connectivity index (χ4n) is 7.70. The number of rotatable bonds is 51. The van der Waals surface area contributed by atoms with E-state index in [1.54, 1.807) is 0 Å². The second kappa shape index (κ2) is 51.4. The Morgan fingerprint density at radius 2 is 0.861 bits per heavy atom. The Labute approximate surface area is 443 Å². The lowest BCUT2D eigenvalue weighted by Gasteiger charge is -2.27. The highest BCUT2D eigenvalue weighted by Gasteiger charge is 2.30. The van der Waals surface area contributed by atoms with E-state index >= 15 is 0 Å². The lowest BCUT2D eigenvalue weighted by molar-refractivity contribution is -0.870. The van der Waals surface area contributed by atoms with Crippen molar-refractivity contribution < 1.29 is 37.3 Å². The molecule has 0 rings (SSSR count). The summed E-state index contributed by atoms with van der Waals surface area (Å²) in [4.78, 5) is 37.6. The minimum Gasteiger partial charge on any atom is -0.456 e. The molecule has 0 aromatic carbocycles. The summed E-state index contributed by atoms with van der Waals surface area (Å²) < 4.78 is 30.6. The van der Waals surface area contributed by atoms with Gasteiger partial charge >= 0.3 is 13.8 Å². The third-order valence-electron chi connectivity index (χ3n) is 12.2. The molecule has 0 saturated carbocycles. The molecule has 0 heterocycles. The predicted molar refractivity (Wildman–Crippen MR) is 309 cm³/mol. The largest absolute Gasteiger partial charge is 0.472 e. The molecule has 3 atom stereocenters. The van der Waals surface area contributed by atoms with Crippen LogP contribution in [0.1, 0.15) is 233 Å². The van der Waals surface area contributed by atoms with Crippen LogP contribution in [0.2, 0.25) is 0 Å². The molecule has 0 saturated heterocycles. The van der Waals surface area contributed by atoms with Gasteiger partial charge in [-0.25, -0.2) is 4.57 Å². The van der Waals surface area contributed by atoms with Gasteiger partial charge in [-0.3, -0.25) is 18.6 Å². The molecule has 0 aliphatic rings. The lowest BCUT2D eigenvalue weighted by Crippen LogP contribution is -2.47. The van der Waals surface area contributed by atoms with Gasteiger partial charge in [-0.1, -0.05) is 208 Å². The summed E-state index contributed by atoms with van der Waals surface area (Å²) in [6.45, 7) is 6.88. The summed E-state index contributed by atoms with van der Waals surface area (Å²) >= 11 is 0. The van der Waals surface area contributed by atoms with Gasteiger partial charge in [0.1, 0.15) is 19.3 Å². The van der Waals surface area contributed by atoms with Crippen LogP contribution in [0.3, 0.4) is 0 Å². The van der Waals surface area contributed by atoms with E-state index in [4.69, 9.17) is 13.8 Å². The van der Waals surface area contributed by atoms with E-state index in [1.807, 2.05) is 33.3 Å². The number of unbranched alkanes of at least 4 members (excludes halogenated alkanes) is 21. The molecule has 0 aromatic rings. The van der Waals surface area contributed by atoms with Crippen molar-refractivity contribution in [3.05, 3.63) is 97.2 Å². The molecule has 0 bridgehead atoms. The molecule has 414 valence electrons. The summed E-state index contributed by atoms with van der Waals surface area (Å²) in [6, 6.07) is -0.891. The molecular formula is C62H110N2O7P+. The first-order valence-electron chi connectivity index (χ1n) is 29.1. The molecule has 0 spiro atoms. The number of amides is 1. The number of esters is 1. The van der Waals surface area contributed by atoms with Gasteiger partial charge in [-0.15, -0.1) is 0 Å². The van der Waals surface area contributed by atoms with Crippen LogP contribution in [0.4, 0.5) is 0 Å². The highest BCUT2D eigenvalue weighted by Crippen LogP contribution is 2.43. The van der Waals surface area contributed by atoms with E-state index in [9.17, 15) is 19.0 Å². The second-order valence-electron chi connectivity index (χ2n) is 20.5. The van der Waals surface area contributed by atoms with Gasteiger partial charge in [0.2, 0.25) is 5.91 Å². The number of hydrogen-bond acceptors (Lipinski definition) is 6. The smallest absolute Gasteiger partial charge is 0.456 e. The third kappa shape index (κ3) is 51.8. The van der Waals surface area contributed by atoms with Gasteiger partial charge in [0.05, 0.1) is 33.8 Å². The predicted octanol–water partition coefficient (Wildman–Crippen LogP) is 17.6. The Kier molecular flexibility index (Phi) is 49.2. The Balaban J connectivity index is 5.49. The Hall–Kier alpha value is -3.07. The maximum Gasteiger partial charge on any atom is 0.472 e. The summed E-state index contributed by atoms with van der Waals surface area (Å²) in [7, 11) is 1.44. The fraction of sp³-hybridized carbons (Fsp3) is 0.710. The molecule has 72 heavy (non-hydrogen) atoms. The van der Waals surface area contributed by atoms with E-state index in [2.05, 4.69) is 111 Å². The van der Waals surface area contributed by atoms with Crippen LogP contribution in [0.15, 0.2) is 97.2 Å². The standard InChI is InChI=1S/C62H109N2O7P/c1-7-10-13-16-19-22-25-28-30-32-34-36-39-42-45-48-51-54-61(65)63-59(58-70-72(67,68)69-57-56-64(4,5)6)60(53-50-47-44-41-38-27-24-21-18-15-12-9-3)71-62(66)55-52-49-46-43-40-37-35-33-31-29-26-23-20-17-14-11-8-2/h19-20,22-23,28-31,34-37,42,45,50,53,59-60H,7-18,21,24-27,32-33,38-41,43-44,46-49,51-52,54-58H2,1-6H3,(H-,63,65,67,68)/p+1/b22-19-,23-20-,30-28-,31-29-,36-34-,37-35-,45-42-,53-50+. The van der Waals surface area contributed by atoms with Crippen LogP contribution in [0.25, 0.3) is 0 Å². The van der Waals surface area contributed by atoms with E-state index in [-0.39, 0.29) is 37.9 Å². The fourth-order valence-corrected chi connectivity index (χ4v) is 8.44. The summed E-state index contributed by atoms with van der Waals surface area (Å²) in [5, 5.41) is 3.01. The molecule has 0 radical (unpaired) electrons. The monoisotopic (exact) mass is 1030 g/mol. The van der Waals surface area contributed by atoms with Gasteiger partial charge in [-0.05, 0) is 109 Å². The first-order valence-corrected chi connectivity index (χ1v) is 30.6.